The Morgan fingerprint density at radius 1 is 1.00 bits per heavy atom. The fourth-order valence-corrected chi connectivity index (χ4v) is 6.76. The highest BCUT2D eigenvalue weighted by atomic mass is 35.5. The molecule has 5 rings (SSSR count). The number of ether oxygens (including phenoxy) is 2. The average Bonchev–Trinajstić information content (AvgIpc) is 3.15. The van der Waals surface area contributed by atoms with Crippen LogP contribution in [0.2, 0.25) is 5.02 Å². The topological polar surface area (TPSA) is 126 Å². The van der Waals surface area contributed by atoms with E-state index < -0.39 is 52.9 Å². The first-order valence-corrected chi connectivity index (χ1v) is 14.1. The minimum atomic E-state index is -1.26. The van der Waals surface area contributed by atoms with Gasteiger partial charge < -0.3 is 19.3 Å². The van der Waals surface area contributed by atoms with E-state index in [0.29, 0.717) is 16.2 Å². The van der Waals surface area contributed by atoms with Gasteiger partial charge in [0.15, 0.2) is 12.1 Å². The fraction of sp³-hybridized carbons (Fsp3) is 0.357. The van der Waals surface area contributed by atoms with Crippen LogP contribution >= 0.6 is 23.4 Å². The first kappa shape index (κ1) is 28.6. The summed E-state index contributed by atoms with van der Waals surface area (Å²) in [7, 11) is 0. The van der Waals surface area contributed by atoms with Crippen LogP contribution in [0.5, 0.6) is 0 Å². The molecule has 3 aliphatic heterocycles. The van der Waals surface area contributed by atoms with Crippen LogP contribution in [0, 0.1) is 4.91 Å². The van der Waals surface area contributed by atoms with Crippen LogP contribution in [0.4, 0.5) is 0 Å². The van der Waals surface area contributed by atoms with E-state index in [4.69, 9.17) is 21.1 Å². The van der Waals surface area contributed by atoms with Crippen molar-refractivity contribution in [2.24, 2.45) is 5.29 Å². The number of fused-ring (bicyclic) bond motifs is 1. The van der Waals surface area contributed by atoms with Crippen molar-refractivity contribution >= 4 is 47.1 Å². The molecule has 11 nitrogen and oxygen atoms in total. The minimum absolute atomic E-state index is 0.0132. The van der Waals surface area contributed by atoms with Gasteiger partial charge in [-0.15, -0.1) is 16.7 Å². The average molecular weight is 599 g/mol. The monoisotopic (exact) mass is 598 g/mol. The normalized spacial score (nSPS) is 24.8. The third-order valence-electron chi connectivity index (χ3n) is 7.35. The Morgan fingerprint density at radius 2 is 1.68 bits per heavy atom. The first-order chi connectivity index (χ1) is 19.6. The summed E-state index contributed by atoms with van der Waals surface area (Å²) < 4.78 is 10.7. The van der Waals surface area contributed by atoms with E-state index in [2.05, 4.69) is 5.29 Å². The number of esters is 2. The van der Waals surface area contributed by atoms with Crippen molar-refractivity contribution < 1.29 is 28.7 Å². The molecular formula is C28H27ClN4O7S. The van der Waals surface area contributed by atoms with Crippen molar-refractivity contribution in [2.45, 2.75) is 56.5 Å². The zero-order valence-electron chi connectivity index (χ0n) is 22.4. The number of amides is 2. The van der Waals surface area contributed by atoms with Crippen molar-refractivity contribution in [3.8, 4) is 0 Å². The number of benzene rings is 2. The van der Waals surface area contributed by atoms with Crippen molar-refractivity contribution in [1.29, 1.82) is 0 Å². The number of rotatable bonds is 8. The molecule has 4 atom stereocenters. The molecule has 2 amide bonds. The zero-order valence-corrected chi connectivity index (χ0v) is 24.0. The molecule has 41 heavy (non-hydrogen) atoms. The van der Waals surface area contributed by atoms with Crippen molar-refractivity contribution in [2.75, 3.05) is 6.61 Å². The number of nitrogens with zero attached hydrogens (tertiary/aromatic N) is 4. The molecule has 2 saturated heterocycles. The molecule has 3 heterocycles. The number of halogens is 1. The van der Waals surface area contributed by atoms with Gasteiger partial charge in [-0.25, -0.2) is 9.80 Å². The van der Waals surface area contributed by atoms with E-state index >= 15 is 0 Å². The largest absolute Gasteiger partial charge is 0.461 e. The Hall–Kier alpha value is -3.90. The summed E-state index contributed by atoms with van der Waals surface area (Å²) in [5, 5.41) is 5.77. The molecule has 2 aromatic rings. The number of carbonyl (C=O) groups excluding carboxylic acids is 4. The molecule has 0 spiro atoms. The summed E-state index contributed by atoms with van der Waals surface area (Å²) in [4.78, 5) is 67.3. The van der Waals surface area contributed by atoms with Crippen LogP contribution < -0.4 is 0 Å². The van der Waals surface area contributed by atoms with E-state index in [1.54, 1.807) is 55.7 Å². The van der Waals surface area contributed by atoms with Gasteiger partial charge in [-0.3, -0.25) is 14.4 Å². The number of hydrogen-bond donors (Lipinski definition) is 0. The second kappa shape index (κ2) is 11.2. The van der Waals surface area contributed by atoms with Crippen LogP contribution in [-0.4, -0.2) is 68.3 Å². The van der Waals surface area contributed by atoms with Gasteiger partial charge in [0.2, 0.25) is 0 Å². The third kappa shape index (κ3) is 5.06. The molecule has 0 N–H and O–H groups in total. The predicted octanol–water partition coefficient (Wildman–Crippen LogP) is 3.79. The summed E-state index contributed by atoms with van der Waals surface area (Å²) in [6, 6.07) is 12.4. The molecular weight excluding hydrogens is 572 g/mol. The lowest BCUT2D eigenvalue weighted by Gasteiger charge is -2.56. The number of thioether (sulfide) groups is 1. The van der Waals surface area contributed by atoms with E-state index in [9.17, 15) is 24.1 Å². The van der Waals surface area contributed by atoms with Crippen LogP contribution in [-0.2, 0) is 35.3 Å². The predicted molar refractivity (Wildman–Crippen MR) is 150 cm³/mol. The lowest BCUT2D eigenvalue weighted by atomic mass is 9.95. The summed E-state index contributed by atoms with van der Waals surface area (Å²) in [6.45, 7) is 4.31. The van der Waals surface area contributed by atoms with E-state index in [0.717, 1.165) is 10.6 Å². The molecule has 2 aromatic carbocycles. The van der Waals surface area contributed by atoms with Gasteiger partial charge in [0.25, 0.3) is 11.8 Å². The summed E-state index contributed by atoms with van der Waals surface area (Å²) in [5.41, 5.74) is 0.384. The third-order valence-corrected chi connectivity index (χ3v) is 8.80. The molecule has 0 aliphatic carbocycles. The molecule has 214 valence electrons. The standard InChI is InChI=1S/C28H27ClN4O7S/c1-16(34)39-14-19-15-41-26-23(24(35)31(26)22(19)27(37)40-13-17-7-5-4-6-8-17)32-25(36)21(33(30-38)28(32,2)3)18-9-11-20(29)12-10-18/h4-12,15,21-23,26H,13-14H2,1-3H3/t21?,22?,23?,26-/m0/s1. The maximum absolute atomic E-state index is 13.9. The Bertz CT molecular complexity index is 1420. The molecule has 0 aromatic heterocycles. The van der Waals surface area contributed by atoms with Crippen molar-refractivity contribution in [1.82, 2.24) is 14.8 Å². The molecule has 0 radical (unpaired) electrons. The van der Waals surface area contributed by atoms with Gasteiger partial charge in [-0.1, -0.05) is 54.1 Å². The highest BCUT2D eigenvalue weighted by Gasteiger charge is 2.65. The number of β-lactam (4-membered cyclic amide) rings is 1. The highest BCUT2D eigenvalue weighted by Crippen LogP contribution is 2.49. The maximum Gasteiger partial charge on any atom is 0.333 e. The van der Waals surface area contributed by atoms with Gasteiger partial charge >= 0.3 is 11.9 Å². The van der Waals surface area contributed by atoms with E-state index in [1.165, 1.54) is 28.5 Å². The fourth-order valence-electron chi connectivity index (χ4n) is 5.38. The number of carbonyl (C=O) groups is 4. The van der Waals surface area contributed by atoms with Crippen LogP contribution in [0.3, 0.4) is 0 Å². The van der Waals surface area contributed by atoms with Crippen LogP contribution in [0.15, 0.2) is 70.9 Å². The summed E-state index contributed by atoms with van der Waals surface area (Å²) in [5.74, 6) is -2.21. The van der Waals surface area contributed by atoms with Crippen LogP contribution in [0.25, 0.3) is 0 Å². The molecule has 3 aliphatic rings. The van der Waals surface area contributed by atoms with Gasteiger partial charge in [0, 0.05) is 17.5 Å². The van der Waals surface area contributed by atoms with Crippen molar-refractivity contribution in [3.05, 3.63) is 86.6 Å². The smallest absolute Gasteiger partial charge is 0.333 e. The number of nitroso groups, excluding NO2 is 1. The molecule has 0 saturated carbocycles. The van der Waals surface area contributed by atoms with Crippen LogP contribution in [0.1, 0.15) is 37.9 Å². The first-order valence-electron chi connectivity index (χ1n) is 12.8. The zero-order chi connectivity index (χ0) is 29.5. The Kier molecular flexibility index (Phi) is 7.80. The summed E-state index contributed by atoms with van der Waals surface area (Å²) in [6.07, 6.45) is 0. The molecule has 0 bridgehead atoms. The lowest BCUT2D eigenvalue weighted by Crippen LogP contribution is -2.76. The quantitative estimate of drug-likeness (QED) is 0.253. The van der Waals surface area contributed by atoms with Gasteiger partial charge in [0.05, 0.1) is 5.29 Å². The van der Waals surface area contributed by atoms with Crippen molar-refractivity contribution in [3.63, 3.8) is 0 Å². The minimum Gasteiger partial charge on any atom is -0.461 e. The number of hydrogen-bond acceptors (Lipinski definition) is 9. The molecule has 2 fully saturated rings. The van der Waals surface area contributed by atoms with Gasteiger partial charge in [0.1, 0.15) is 30.3 Å². The van der Waals surface area contributed by atoms with E-state index in [1.807, 2.05) is 18.2 Å². The summed E-state index contributed by atoms with van der Waals surface area (Å²) >= 11 is 7.24. The lowest BCUT2D eigenvalue weighted by molar-refractivity contribution is -0.174. The Labute approximate surface area is 245 Å². The molecule has 3 unspecified atom stereocenters. The van der Waals surface area contributed by atoms with Gasteiger partial charge in [-0.2, -0.15) is 0 Å². The second-order valence-electron chi connectivity index (χ2n) is 10.3. The SMILES string of the molecule is CC(=O)OCC1=CS[C@H]2C(N3C(=O)C(c4ccc(Cl)cc4)N(N=O)C3(C)C)C(=O)N2C1C(=O)OCc1ccccc1. The Balaban J connectivity index is 1.43. The Morgan fingerprint density at radius 3 is 2.32 bits per heavy atom. The second-order valence-corrected chi connectivity index (χ2v) is 11.7. The van der Waals surface area contributed by atoms with E-state index in [-0.39, 0.29) is 13.2 Å². The van der Waals surface area contributed by atoms with Gasteiger partial charge in [-0.05, 0) is 42.5 Å². The molecule has 13 heteroatoms. The highest BCUT2D eigenvalue weighted by molar-refractivity contribution is 8.03. The maximum atomic E-state index is 13.9.